The van der Waals surface area contributed by atoms with Gasteiger partial charge in [0, 0.05) is 17.6 Å². The van der Waals surface area contributed by atoms with Crippen LogP contribution in [-0.2, 0) is 0 Å². The van der Waals surface area contributed by atoms with Crippen LogP contribution in [0, 0.1) is 0 Å². The van der Waals surface area contributed by atoms with Gasteiger partial charge in [0.1, 0.15) is 18.0 Å². The molecule has 2 aliphatic rings. The van der Waals surface area contributed by atoms with Gasteiger partial charge < -0.3 is 4.74 Å². The van der Waals surface area contributed by atoms with Crippen molar-refractivity contribution in [2.45, 2.75) is 31.3 Å². The van der Waals surface area contributed by atoms with Crippen molar-refractivity contribution >= 4 is 11.6 Å². The quantitative estimate of drug-likeness (QED) is 0.796. The summed E-state index contributed by atoms with van der Waals surface area (Å²) in [6.07, 6.45) is 7.51. The fourth-order valence-electron chi connectivity index (χ4n) is 2.82. The lowest BCUT2D eigenvalue weighted by Gasteiger charge is -2.27. The first kappa shape index (κ1) is 13.1. The minimum absolute atomic E-state index is 0.564. The molecule has 2 aromatic rings. The number of hydrogen-bond acceptors (Lipinski definition) is 4. The number of benzene rings is 1. The topological polar surface area (TPSA) is 43.0 Å². The molecule has 21 heavy (non-hydrogen) atoms. The molecule has 1 aliphatic heterocycles. The van der Waals surface area contributed by atoms with Crippen LogP contribution < -0.4 is 4.74 Å². The highest BCUT2D eigenvalue weighted by atomic mass is 35.5. The second-order valence-electron chi connectivity index (χ2n) is 5.71. The minimum atomic E-state index is 0.564. The molecule has 0 radical (unpaired) electrons. The van der Waals surface area contributed by atoms with Crippen LogP contribution in [0.3, 0.4) is 0 Å². The zero-order valence-corrected chi connectivity index (χ0v) is 12.4. The Kier molecular flexibility index (Phi) is 3.31. The second-order valence-corrected chi connectivity index (χ2v) is 6.14. The van der Waals surface area contributed by atoms with E-state index in [1.165, 1.54) is 19.3 Å². The lowest BCUT2D eigenvalue weighted by atomic mass is 9.93. The maximum Gasteiger partial charge on any atom is 0.145 e. The second kappa shape index (κ2) is 5.31. The van der Waals surface area contributed by atoms with Gasteiger partial charge in [-0.2, -0.15) is 0 Å². The number of aromatic nitrogens is 3. The predicted molar refractivity (Wildman–Crippen MR) is 80.0 cm³/mol. The maximum absolute atomic E-state index is 6.07. The van der Waals surface area contributed by atoms with Crippen molar-refractivity contribution < 1.29 is 4.74 Å². The Labute approximate surface area is 128 Å². The van der Waals surface area contributed by atoms with Gasteiger partial charge in [0.2, 0.25) is 0 Å². The highest BCUT2D eigenvalue weighted by Crippen LogP contribution is 2.34. The zero-order valence-electron chi connectivity index (χ0n) is 11.7. The van der Waals surface area contributed by atoms with Crippen LogP contribution in [-0.4, -0.2) is 45.1 Å². The third-order valence-corrected chi connectivity index (χ3v) is 4.56. The van der Waals surface area contributed by atoms with Crippen LogP contribution in [0.1, 0.15) is 19.3 Å². The van der Waals surface area contributed by atoms with E-state index in [1.54, 1.807) is 17.1 Å². The van der Waals surface area contributed by atoms with Crippen LogP contribution in [0.5, 0.6) is 5.75 Å². The lowest BCUT2D eigenvalue weighted by molar-refractivity contribution is 0.215. The Morgan fingerprint density at radius 1 is 1.33 bits per heavy atom. The molecular formula is C15H17ClN4O. The Morgan fingerprint density at radius 2 is 2.24 bits per heavy atom. The van der Waals surface area contributed by atoms with E-state index >= 15 is 0 Å². The van der Waals surface area contributed by atoms with Crippen molar-refractivity contribution in [1.82, 2.24) is 19.9 Å². The van der Waals surface area contributed by atoms with Gasteiger partial charge in [0.25, 0.3) is 0 Å². The number of halogens is 1. The van der Waals surface area contributed by atoms with Gasteiger partial charge in [-0.15, -0.1) is 5.10 Å². The van der Waals surface area contributed by atoms with Crippen LogP contribution in [0.2, 0.25) is 5.02 Å². The van der Waals surface area contributed by atoms with Crippen molar-refractivity contribution in [3.8, 4) is 11.4 Å². The maximum atomic E-state index is 6.07. The van der Waals surface area contributed by atoms with Crippen molar-refractivity contribution in [2.75, 3.05) is 13.2 Å². The van der Waals surface area contributed by atoms with Crippen LogP contribution in [0.15, 0.2) is 30.6 Å². The fourth-order valence-corrected chi connectivity index (χ4v) is 2.99. The summed E-state index contributed by atoms with van der Waals surface area (Å²) in [6.45, 7) is 1.89. The molecule has 0 N–H and O–H groups in total. The molecule has 1 saturated heterocycles. The van der Waals surface area contributed by atoms with E-state index in [4.69, 9.17) is 16.3 Å². The Balaban J connectivity index is 1.45. The van der Waals surface area contributed by atoms with Crippen molar-refractivity contribution in [1.29, 1.82) is 0 Å². The van der Waals surface area contributed by atoms with E-state index in [0.29, 0.717) is 11.1 Å². The number of ether oxygens (including phenoxy) is 1. The summed E-state index contributed by atoms with van der Waals surface area (Å²) in [5.41, 5.74) is 0.829. The van der Waals surface area contributed by atoms with E-state index in [2.05, 4.69) is 15.2 Å². The molecule has 0 spiro atoms. The van der Waals surface area contributed by atoms with E-state index in [0.717, 1.165) is 30.6 Å². The first-order valence-corrected chi connectivity index (χ1v) is 7.74. The zero-order chi connectivity index (χ0) is 14.2. The molecule has 2 heterocycles. The summed E-state index contributed by atoms with van der Waals surface area (Å²) in [6, 6.07) is 6.96. The predicted octanol–water partition coefficient (Wildman–Crippen LogP) is 2.54. The highest BCUT2D eigenvalue weighted by molar-refractivity contribution is 6.30. The summed E-state index contributed by atoms with van der Waals surface area (Å²) < 4.78 is 7.68. The highest BCUT2D eigenvalue weighted by Gasteiger charge is 2.42. The Bertz CT molecular complexity index is 627. The van der Waals surface area contributed by atoms with Gasteiger partial charge in [-0.05, 0) is 31.0 Å². The normalized spacial score (nSPS) is 24.6. The number of rotatable bonds is 5. The van der Waals surface area contributed by atoms with Gasteiger partial charge in [0.05, 0.1) is 18.4 Å². The fraction of sp³-hybridized carbons (Fsp3) is 0.467. The van der Waals surface area contributed by atoms with Crippen LogP contribution >= 0.6 is 11.6 Å². The first-order valence-electron chi connectivity index (χ1n) is 7.36. The van der Waals surface area contributed by atoms with Crippen LogP contribution in [0.4, 0.5) is 0 Å². The molecule has 110 valence electrons. The molecule has 2 unspecified atom stereocenters. The summed E-state index contributed by atoms with van der Waals surface area (Å²) >= 11 is 6.07. The largest absolute Gasteiger partial charge is 0.490 e. The first-order chi connectivity index (χ1) is 10.3. The van der Waals surface area contributed by atoms with Crippen molar-refractivity contribution in [3.05, 3.63) is 35.6 Å². The average molecular weight is 305 g/mol. The third-order valence-electron chi connectivity index (χ3n) is 4.32. The SMILES string of the molecule is Clc1ccc(OCC2CN2C2CCC2)c(-n2ccnn2)c1. The molecule has 4 rings (SSSR count). The van der Waals surface area contributed by atoms with Gasteiger partial charge >= 0.3 is 0 Å². The molecule has 1 aromatic heterocycles. The van der Waals surface area contributed by atoms with E-state index in [9.17, 15) is 0 Å². The number of nitrogens with zero attached hydrogens (tertiary/aromatic N) is 4. The lowest BCUT2D eigenvalue weighted by Crippen LogP contribution is -2.29. The molecule has 1 saturated carbocycles. The van der Waals surface area contributed by atoms with E-state index in [-0.39, 0.29) is 0 Å². The Morgan fingerprint density at radius 3 is 2.95 bits per heavy atom. The van der Waals surface area contributed by atoms with Gasteiger partial charge in [-0.1, -0.05) is 23.2 Å². The minimum Gasteiger partial charge on any atom is -0.490 e. The summed E-state index contributed by atoms with van der Waals surface area (Å²) in [7, 11) is 0. The molecule has 5 nitrogen and oxygen atoms in total. The third kappa shape index (κ3) is 2.63. The molecule has 6 heteroatoms. The summed E-state index contributed by atoms with van der Waals surface area (Å²) in [5, 5.41) is 8.51. The molecule has 2 fully saturated rings. The van der Waals surface area contributed by atoms with Gasteiger partial charge in [-0.25, -0.2) is 4.68 Å². The molecular weight excluding hydrogens is 288 g/mol. The van der Waals surface area contributed by atoms with Gasteiger partial charge in [0.15, 0.2) is 0 Å². The summed E-state index contributed by atoms with van der Waals surface area (Å²) in [5.74, 6) is 0.797. The van der Waals surface area contributed by atoms with Crippen molar-refractivity contribution in [3.63, 3.8) is 0 Å². The molecule has 1 aliphatic carbocycles. The van der Waals surface area contributed by atoms with E-state index < -0.39 is 0 Å². The molecule has 1 aromatic carbocycles. The standard InChI is InChI=1S/C15H17ClN4O/c16-11-4-5-15(14(8-11)20-7-6-17-18-20)21-10-13-9-19(13)12-2-1-3-12/h4-8,12-13H,1-3,9-10H2. The summed E-state index contributed by atoms with van der Waals surface area (Å²) in [4.78, 5) is 2.54. The van der Waals surface area contributed by atoms with Crippen LogP contribution in [0.25, 0.3) is 5.69 Å². The smallest absolute Gasteiger partial charge is 0.145 e. The monoisotopic (exact) mass is 304 g/mol. The van der Waals surface area contributed by atoms with Crippen molar-refractivity contribution in [2.24, 2.45) is 0 Å². The number of hydrogen-bond donors (Lipinski definition) is 0. The van der Waals surface area contributed by atoms with E-state index in [1.807, 2.05) is 18.2 Å². The molecule has 0 amide bonds. The Hall–Kier alpha value is -1.59. The molecule has 0 bridgehead atoms. The van der Waals surface area contributed by atoms with Gasteiger partial charge in [-0.3, -0.25) is 4.90 Å². The average Bonchev–Trinajstić information content (AvgIpc) is 2.97. The molecule has 2 atom stereocenters.